The van der Waals surface area contributed by atoms with E-state index in [1.165, 1.54) is 23.1 Å². The van der Waals surface area contributed by atoms with Gasteiger partial charge in [-0.2, -0.15) is 0 Å². The molecule has 0 saturated heterocycles. The van der Waals surface area contributed by atoms with E-state index in [2.05, 4.69) is 5.32 Å². The van der Waals surface area contributed by atoms with Crippen LogP contribution < -0.4 is 16.0 Å². The first kappa shape index (κ1) is 24.4. The third-order valence-electron chi connectivity index (χ3n) is 5.60. The van der Waals surface area contributed by atoms with E-state index >= 15 is 0 Å². The number of nitrogens with two attached hydrogens (primary N) is 1. The molecule has 1 atom stereocenters. The zero-order valence-corrected chi connectivity index (χ0v) is 19.2. The molecular weight excluding hydrogens is 438 g/mol. The van der Waals surface area contributed by atoms with Crippen molar-refractivity contribution in [2.45, 2.75) is 39.3 Å². The molecule has 1 aliphatic heterocycles. The number of nitrogens with one attached hydrogen (secondary N) is 2. The SMILES string of the molecule is CCC(C(=O)O)N1CC(=O)N(C(C)C)c2ccc(NC(=O)c3ccc(C(=N)N)cc3)cc2C1=O. The van der Waals surface area contributed by atoms with E-state index in [4.69, 9.17) is 11.1 Å². The van der Waals surface area contributed by atoms with Gasteiger partial charge in [-0.25, -0.2) is 4.79 Å². The number of carbonyl (C=O) groups is 4. The second kappa shape index (κ2) is 9.74. The smallest absolute Gasteiger partial charge is 0.326 e. The second-order valence-corrected chi connectivity index (χ2v) is 8.23. The fraction of sp³-hybridized carbons (Fsp3) is 0.292. The maximum Gasteiger partial charge on any atom is 0.326 e. The van der Waals surface area contributed by atoms with Gasteiger partial charge in [0.15, 0.2) is 0 Å². The summed E-state index contributed by atoms with van der Waals surface area (Å²) in [6.45, 7) is 4.88. The summed E-state index contributed by atoms with van der Waals surface area (Å²) in [6.07, 6.45) is 0.137. The van der Waals surface area contributed by atoms with Crippen molar-refractivity contribution in [3.63, 3.8) is 0 Å². The molecule has 2 aromatic carbocycles. The molecule has 178 valence electrons. The van der Waals surface area contributed by atoms with Crippen molar-refractivity contribution < 1.29 is 24.3 Å². The van der Waals surface area contributed by atoms with E-state index in [9.17, 15) is 24.3 Å². The van der Waals surface area contributed by atoms with Crippen molar-refractivity contribution in [3.05, 3.63) is 59.2 Å². The number of carbonyl (C=O) groups excluding carboxylic acids is 3. The van der Waals surface area contributed by atoms with Crippen LogP contribution in [0.1, 0.15) is 53.5 Å². The summed E-state index contributed by atoms with van der Waals surface area (Å²) in [5.41, 5.74) is 7.04. The van der Waals surface area contributed by atoms with Crippen molar-refractivity contribution in [1.29, 1.82) is 5.41 Å². The van der Waals surface area contributed by atoms with E-state index in [0.29, 0.717) is 22.5 Å². The van der Waals surface area contributed by atoms with Crippen LogP contribution in [0.5, 0.6) is 0 Å². The van der Waals surface area contributed by atoms with Crippen molar-refractivity contribution >= 4 is 40.9 Å². The lowest BCUT2D eigenvalue weighted by Crippen LogP contribution is -2.48. The molecule has 1 heterocycles. The molecule has 5 N–H and O–H groups in total. The number of hydrogen-bond acceptors (Lipinski definition) is 5. The van der Waals surface area contributed by atoms with Gasteiger partial charge in [0.25, 0.3) is 11.8 Å². The first-order valence-electron chi connectivity index (χ1n) is 10.8. The summed E-state index contributed by atoms with van der Waals surface area (Å²) in [5, 5.41) is 19.8. The standard InChI is InChI=1S/C24H27N5O5/c1-4-18(24(33)34)28-12-20(30)29(13(2)3)19-10-9-16(11-17(19)23(28)32)27-22(31)15-7-5-14(6-8-15)21(25)26/h5-11,13,18H,4,12H2,1-3H3,(H3,25,26)(H,27,31)(H,33,34). The minimum absolute atomic E-state index is 0.114. The Kier molecular flexibility index (Phi) is 7.00. The number of fused-ring (bicyclic) bond motifs is 1. The van der Waals surface area contributed by atoms with Crippen LogP contribution in [0.25, 0.3) is 0 Å². The first-order chi connectivity index (χ1) is 16.0. The third kappa shape index (κ3) is 4.75. The van der Waals surface area contributed by atoms with E-state index in [0.717, 1.165) is 4.90 Å². The van der Waals surface area contributed by atoms with Crippen LogP contribution >= 0.6 is 0 Å². The molecule has 0 fully saturated rings. The van der Waals surface area contributed by atoms with Crippen molar-refractivity contribution in [2.75, 3.05) is 16.8 Å². The van der Waals surface area contributed by atoms with Gasteiger partial charge in [-0.15, -0.1) is 0 Å². The number of amidine groups is 1. The Morgan fingerprint density at radius 3 is 2.26 bits per heavy atom. The zero-order chi connectivity index (χ0) is 25.2. The first-order valence-corrected chi connectivity index (χ1v) is 10.8. The zero-order valence-electron chi connectivity index (χ0n) is 19.2. The maximum absolute atomic E-state index is 13.4. The van der Waals surface area contributed by atoms with Gasteiger partial charge in [0.2, 0.25) is 5.91 Å². The number of hydrogen-bond donors (Lipinski definition) is 4. The highest BCUT2D eigenvalue weighted by molar-refractivity contribution is 6.12. The number of aliphatic carboxylic acids is 1. The average molecular weight is 466 g/mol. The predicted molar refractivity (Wildman–Crippen MR) is 127 cm³/mol. The number of carboxylic acid groups (broad SMARTS) is 1. The van der Waals surface area contributed by atoms with Gasteiger partial charge in [-0.3, -0.25) is 19.8 Å². The predicted octanol–water partition coefficient (Wildman–Crippen LogP) is 2.28. The molecule has 0 radical (unpaired) electrons. The van der Waals surface area contributed by atoms with Gasteiger partial charge in [-0.05, 0) is 50.6 Å². The molecule has 0 aliphatic carbocycles. The molecule has 0 aromatic heterocycles. The molecule has 1 aliphatic rings. The van der Waals surface area contributed by atoms with Crippen LogP contribution in [0.2, 0.25) is 0 Å². The lowest BCUT2D eigenvalue weighted by molar-refractivity contribution is -0.142. The summed E-state index contributed by atoms with van der Waals surface area (Å²) in [6, 6.07) is 9.34. The minimum atomic E-state index is -1.19. The van der Waals surface area contributed by atoms with Crippen LogP contribution in [-0.2, 0) is 9.59 Å². The highest BCUT2D eigenvalue weighted by atomic mass is 16.4. The minimum Gasteiger partial charge on any atom is -0.480 e. The Morgan fingerprint density at radius 1 is 1.12 bits per heavy atom. The monoisotopic (exact) mass is 465 g/mol. The highest BCUT2D eigenvalue weighted by Crippen LogP contribution is 2.31. The van der Waals surface area contributed by atoms with E-state index in [1.807, 2.05) is 0 Å². The number of benzene rings is 2. The number of carboxylic acids is 1. The summed E-state index contributed by atoms with van der Waals surface area (Å²) >= 11 is 0. The molecule has 0 spiro atoms. The molecular formula is C24H27N5O5. The largest absolute Gasteiger partial charge is 0.480 e. The van der Waals surface area contributed by atoms with Gasteiger partial charge in [0, 0.05) is 22.9 Å². The molecule has 34 heavy (non-hydrogen) atoms. The molecule has 1 unspecified atom stereocenters. The lowest BCUT2D eigenvalue weighted by atomic mass is 10.1. The molecule has 0 bridgehead atoms. The number of anilines is 2. The Morgan fingerprint density at radius 2 is 1.74 bits per heavy atom. The normalized spacial score (nSPS) is 14.5. The van der Waals surface area contributed by atoms with Gasteiger partial charge in [0.1, 0.15) is 18.4 Å². The van der Waals surface area contributed by atoms with Crippen LogP contribution in [0.3, 0.4) is 0 Å². The average Bonchev–Trinajstić information content (AvgIpc) is 2.88. The van der Waals surface area contributed by atoms with E-state index < -0.39 is 23.8 Å². The Hall–Kier alpha value is -4.21. The summed E-state index contributed by atoms with van der Waals surface area (Å²) in [7, 11) is 0. The number of amides is 3. The van der Waals surface area contributed by atoms with E-state index in [-0.39, 0.29) is 36.3 Å². The fourth-order valence-corrected chi connectivity index (χ4v) is 3.93. The highest BCUT2D eigenvalue weighted by Gasteiger charge is 2.38. The number of rotatable bonds is 7. The number of nitrogens with zero attached hydrogens (tertiary/aromatic N) is 2. The second-order valence-electron chi connectivity index (χ2n) is 8.23. The molecule has 2 aromatic rings. The van der Waals surface area contributed by atoms with Gasteiger partial charge < -0.3 is 26.0 Å². The van der Waals surface area contributed by atoms with Crippen LogP contribution in [-0.4, -0.2) is 58.2 Å². The third-order valence-corrected chi connectivity index (χ3v) is 5.60. The van der Waals surface area contributed by atoms with Gasteiger partial charge in [-0.1, -0.05) is 19.1 Å². The van der Waals surface area contributed by atoms with Crippen molar-refractivity contribution in [2.24, 2.45) is 5.73 Å². The molecule has 3 rings (SSSR count). The van der Waals surface area contributed by atoms with Crippen LogP contribution in [0.4, 0.5) is 11.4 Å². The summed E-state index contributed by atoms with van der Waals surface area (Å²) in [4.78, 5) is 53.4. The molecule has 3 amide bonds. The van der Waals surface area contributed by atoms with Crippen LogP contribution in [0, 0.1) is 5.41 Å². The lowest BCUT2D eigenvalue weighted by Gasteiger charge is -2.28. The summed E-state index contributed by atoms with van der Waals surface area (Å²) < 4.78 is 0. The van der Waals surface area contributed by atoms with E-state index in [1.54, 1.807) is 45.0 Å². The Bertz CT molecular complexity index is 1160. The van der Waals surface area contributed by atoms with Crippen molar-refractivity contribution in [1.82, 2.24) is 4.90 Å². The topological polar surface area (TPSA) is 157 Å². The van der Waals surface area contributed by atoms with Gasteiger partial charge in [0.05, 0.1) is 11.3 Å². The summed E-state index contributed by atoms with van der Waals surface area (Å²) in [5.74, 6) is -2.73. The number of nitrogen functional groups attached to an aromatic ring is 1. The molecule has 10 nitrogen and oxygen atoms in total. The quantitative estimate of drug-likeness (QED) is 0.363. The Labute approximate surface area is 196 Å². The maximum atomic E-state index is 13.4. The van der Waals surface area contributed by atoms with Crippen LogP contribution in [0.15, 0.2) is 42.5 Å². The fourth-order valence-electron chi connectivity index (χ4n) is 3.93. The Balaban J connectivity index is 2.00. The van der Waals surface area contributed by atoms with Crippen molar-refractivity contribution in [3.8, 4) is 0 Å². The molecule has 10 heteroatoms. The molecule has 0 saturated carbocycles. The van der Waals surface area contributed by atoms with Gasteiger partial charge >= 0.3 is 5.97 Å².